The third-order valence-corrected chi connectivity index (χ3v) is 2.70. The van der Waals surface area contributed by atoms with Gasteiger partial charge in [-0.05, 0) is 37.1 Å². The smallest absolute Gasteiger partial charge is 0.168 e. The summed E-state index contributed by atoms with van der Waals surface area (Å²) < 4.78 is 5.80. The molecule has 2 heteroatoms. The molecule has 82 valence electrons. The molecule has 0 saturated carbocycles. The number of ether oxygens (including phenoxy) is 1. The van der Waals surface area contributed by atoms with Crippen molar-refractivity contribution >= 4 is 0 Å². The summed E-state index contributed by atoms with van der Waals surface area (Å²) in [5.74, 6) is 3.41. The van der Waals surface area contributed by atoms with Gasteiger partial charge in [-0.15, -0.1) is 6.42 Å². The van der Waals surface area contributed by atoms with Gasteiger partial charge in [0.05, 0.1) is 11.6 Å². The lowest BCUT2D eigenvalue weighted by Gasteiger charge is -2.27. The molecular weight excluding hydrogens is 198 g/mol. The van der Waals surface area contributed by atoms with Gasteiger partial charge in [-0.25, -0.2) is 0 Å². The van der Waals surface area contributed by atoms with Gasteiger partial charge in [0.25, 0.3) is 0 Å². The molecule has 0 spiro atoms. The molecule has 0 aromatic heterocycles. The standard InChI is InChI=1S/C14H15NO/c1-4-14(5-2,6-3)16-13-9-7-12(11-15)8-10-13/h1,7-10H,5-6H2,2-3H3. The molecule has 2 nitrogen and oxygen atoms in total. The van der Waals surface area contributed by atoms with E-state index in [2.05, 4.69) is 12.0 Å². The first-order valence-electron chi connectivity index (χ1n) is 5.36. The largest absolute Gasteiger partial charge is 0.475 e. The summed E-state index contributed by atoms with van der Waals surface area (Å²) in [6.45, 7) is 4.01. The van der Waals surface area contributed by atoms with Crippen LogP contribution in [0.25, 0.3) is 0 Å². The van der Waals surface area contributed by atoms with Crippen LogP contribution in [0.15, 0.2) is 24.3 Å². The first-order valence-corrected chi connectivity index (χ1v) is 5.36. The van der Waals surface area contributed by atoms with Crippen molar-refractivity contribution in [3.8, 4) is 24.2 Å². The Labute approximate surface area is 96.9 Å². The molecule has 0 amide bonds. The van der Waals surface area contributed by atoms with E-state index >= 15 is 0 Å². The molecule has 0 aliphatic carbocycles. The zero-order valence-corrected chi connectivity index (χ0v) is 9.66. The average Bonchev–Trinajstić information content (AvgIpc) is 2.37. The maximum atomic E-state index is 8.68. The number of hydrogen-bond donors (Lipinski definition) is 0. The number of nitrogens with zero attached hydrogens (tertiary/aromatic N) is 1. The molecule has 1 rings (SSSR count). The fraction of sp³-hybridized carbons (Fsp3) is 0.357. The van der Waals surface area contributed by atoms with E-state index in [0.29, 0.717) is 11.3 Å². The molecule has 0 heterocycles. The highest BCUT2D eigenvalue weighted by atomic mass is 16.5. The molecule has 0 atom stereocenters. The number of nitriles is 1. The Morgan fingerprint density at radius 3 is 2.19 bits per heavy atom. The Morgan fingerprint density at radius 2 is 1.81 bits per heavy atom. The molecular formula is C14H15NO. The van der Waals surface area contributed by atoms with E-state index in [-0.39, 0.29) is 0 Å². The molecule has 0 bridgehead atoms. The van der Waals surface area contributed by atoms with Crippen LogP contribution in [-0.4, -0.2) is 5.60 Å². The van der Waals surface area contributed by atoms with E-state index < -0.39 is 5.60 Å². The minimum Gasteiger partial charge on any atom is -0.475 e. The lowest BCUT2D eigenvalue weighted by molar-refractivity contribution is 0.121. The van der Waals surface area contributed by atoms with Crippen molar-refractivity contribution in [2.45, 2.75) is 32.3 Å². The first kappa shape index (κ1) is 12.1. The summed E-state index contributed by atoms with van der Waals surface area (Å²) in [4.78, 5) is 0. The summed E-state index contributed by atoms with van der Waals surface area (Å²) in [6, 6.07) is 9.06. The summed E-state index contributed by atoms with van der Waals surface area (Å²) in [5.41, 5.74) is 0.0837. The number of terminal acetylenes is 1. The highest BCUT2D eigenvalue weighted by Crippen LogP contribution is 2.24. The van der Waals surface area contributed by atoms with E-state index in [0.717, 1.165) is 12.8 Å². The number of rotatable bonds is 4. The average molecular weight is 213 g/mol. The molecule has 0 radical (unpaired) electrons. The van der Waals surface area contributed by atoms with Gasteiger partial charge >= 0.3 is 0 Å². The fourth-order valence-electron chi connectivity index (χ4n) is 1.45. The van der Waals surface area contributed by atoms with Crippen LogP contribution in [0.3, 0.4) is 0 Å². The van der Waals surface area contributed by atoms with Gasteiger partial charge < -0.3 is 4.74 Å². The predicted molar refractivity (Wildman–Crippen MR) is 63.9 cm³/mol. The van der Waals surface area contributed by atoms with Crippen molar-refractivity contribution in [1.82, 2.24) is 0 Å². The minimum absolute atomic E-state index is 0.534. The van der Waals surface area contributed by atoms with Crippen molar-refractivity contribution in [3.63, 3.8) is 0 Å². The molecule has 0 aliphatic rings. The topological polar surface area (TPSA) is 33.0 Å². The molecule has 0 aliphatic heterocycles. The van der Waals surface area contributed by atoms with Crippen LogP contribution in [0.5, 0.6) is 5.75 Å². The van der Waals surface area contributed by atoms with E-state index in [1.54, 1.807) is 24.3 Å². The van der Waals surface area contributed by atoms with Crippen molar-refractivity contribution in [3.05, 3.63) is 29.8 Å². The molecule has 16 heavy (non-hydrogen) atoms. The quantitative estimate of drug-likeness (QED) is 0.720. The van der Waals surface area contributed by atoms with Gasteiger partial charge in [0, 0.05) is 0 Å². The molecule has 1 aromatic carbocycles. The van der Waals surface area contributed by atoms with Crippen LogP contribution < -0.4 is 4.74 Å². The second-order valence-electron chi connectivity index (χ2n) is 3.58. The normalized spacial score (nSPS) is 10.2. The van der Waals surface area contributed by atoms with Crippen molar-refractivity contribution in [2.75, 3.05) is 0 Å². The minimum atomic E-state index is -0.534. The molecule has 1 aromatic rings. The Balaban J connectivity index is 2.88. The molecule has 0 N–H and O–H groups in total. The SMILES string of the molecule is C#CC(CC)(CC)Oc1ccc(C#N)cc1. The number of hydrogen-bond acceptors (Lipinski definition) is 2. The van der Waals surface area contributed by atoms with Gasteiger partial charge in [0.1, 0.15) is 5.75 Å². The van der Waals surface area contributed by atoms with Gasteiger partial charge in [-0.3, -0.25) is 0 Å². The van der Waals surface area contributed by atoms with Crippen LogP contribution in [0.4, 0.5) is 0 Å². The Bertz CT molecular complexity index is 416. The second kappa shape index (κ2) is 5.24. The molecule has 0 unspecified atom stereocenters. The maximum Gasteiger partial charge on any atom is 0.168 e. The van der Waals surface area contributed by atoms with E-state index in [1.165, 1.54) is 0 Å². The summed E-state index contributed by atoms with van der Waals surface area (Å²) in [7, 11) is 0. The summed E-state index contributed by atoms with van der Waals surface area (Å²) in [5, 5.41) is 8.68. The van der Waals surface area contributed by atoms with Crippen LogP contribution in [0.2, 0.25) is 0 Å². The predicted octanol–water partition coefficient (Wildman–Crippen LogP) is 3.13. The monoisotopic (exact) mass is 213 g/mol. The third kappa shape index (κ3) is 2.55. The Kier molecular flexibility index (Phi) is 3.97. The van der Waals surface area contributed by atoms with Crippen LogP contribution in [0, 0.1) is 23.7 Å². The zero-order valence-electron chi connectivity index (χ0n) is 9.66. The third-order valence-electron chi connectivity index (χ3n) is 2.70. The second-order valence-corrected chi connectivity index (χ2v) is 3.58. The summed E-state index contributed by atoms with van der Waals surface area (Å²) in [6.07, 6.45) is 7.03. The van der Waals surface area contributed by atoms with E-state index in [4.69, 9.17) is 16.4 Å². The lowest BCUT2D eigenvalue weighted by atomic mass is 9.98. The van der Waals surface area contributed by atoms with Gasteiger partial charge in [0.15, 0.2) is 5.60 Å². The van der Waals surface area contributed by atoms with Gasteiger partial charge in [0.2, 0.25) is 0 Å². The molecule has 0 fully saturated rings. The Hall–Kier alpha value is -1.93. The van der Waals surface area contributed by atoms with Crippen LogP contribution in [0.1, 0.15) is 32.3 Å². The lowest BCUT2D eigenvalue weighted by Crippen LogP contribution is -2.32. The zero-order chi connectivity index (χ0) is 12.0. The van der Waals surface area contributed by atoms with Crippen LogP contribution in [-0.2, 0) is 0 Å². The van der Waals surface area contributed by atoms with Crippen molar-refractivity contribution in [2.24, 2.45) is 0 Å². The van der Waals surface area contributed by atoms with Gasteiger partial charge in [-0.2, -0.15) is 5.26 Å². The number of benzene rings is 1. The first-order chi connectivity index (χ1) is 7.69. The van der Waals surface area contributed by atoms with Crippen molar-refractivity contribution in [1.29, 1.82) is 5.26 Å². The maximum absolute atomic E-state index is 8.68. The van der Waals surface area contributed by atoms with E-state index in [1.807, 2.05) is 13.8 Å². The Morgan fingerprint density at radius 1 is 1.25 bits per heavy atom. The highest BCUT2D eigenvalue weighted by Gasteiger charge is 2.25. The fourth-order valence-corrected chi connectivity index (χ4v) is 1.45. The van der Waals surface area contributed by atoms with E-state index in [9.17, 15) is 0 Å². The van der Waals surface area contributed by atoms with Gasteiger partial charge in [-0.1, -0.05) is 19.8 Å². The summed E-state index contributed by atoms with van der Waals surface area (Å²) >= 11 is 0. The highest BCUT2D eigenvalue weighted by molar-refractivity contribution is 5.35. The van der Waals surface area contributed by atoms with Crippen LogP contribution >= 0.6 is 0 Å². The van der Waals surface area contributed by atoms with Crippen molar-refractivity contribution < 1.29 is 4.74 Å². The molecule has 0 saturated heterocycles.